The molecule has 0 bridgehead atoms. The minimum atomic E-state index is -3.78. The van der Waals surface area contributed by atoms with E-state index in [1.165, 1.54) is 24.3 Å². The minimum Gasteiger partial charge on any atom is -0.452 e. The van der Waals surface area contributed by atoms with Gasteiger partial charge in [-0.05, 0) is 44.5 Å². The third-order valence-electron chi connectivity index (χ3n) is 3.49. The van der Waals surface area contributed by atoms with E-state index in [0.29, 0.717) is 6.54 Å². The molecule has 0 heterocycles. The van der Waals surface area contributed by atoms with Crippen molar-refractivity contribution in [3.05, 3.63) is 65.7 Å². The van der Waals surface area contributed by atoms with Crippen LogP contribution in [-0.2, 0) is 26.1 Å². The maximum atomic E-state index is 12.4. The summed E-state index contributed by atoms with van der Waals surface area (Å²) >= 11 is 0. The highest BCUT2D eigenvalue weighted by Gasteiger charge is 2.23. The summed E-state index contributed by atoms with van der Waals surface area (Å²) in [6.07, 6.45) is 0. The Hall–Kier alpha value is -2.71. The van der Waals surface area contributed by atoms with Gasteiger partial charge in [0, 0.05) is 12.1 Å². The maximum Gasteiger partial charge on any atom is 0.338 e. The van der Waals surface area contributed by atoms with Gasteiger partial charge in [-0.25, -0.2) is 17.9 Å². The second-order valence-electron chi connectivity index (χ2n) is 7.22. The summed E-state index contributed by atoms with van der Waals surface area (Å²) in [4.78, 5) is 24.0. The fourth-order valence-corrected chi connectivity index (χ4v) is 3.78. The van der Waals surface area contributed by atoms with Crippen LogP contribution in [0.4, 0.5) is 0 Å². The molecule has 0 spiro atoms. The monoisotopic (exact) mass is 404 g/mol. The van der Waals surface area contributed by atoms with Crippen molar-refractivity contribution >= 4 is 21.9 Å². The number of hydrogen-bond acceptors (Lipinski definition) is 5. The van der Waals surface area contributed by atoms with Crippen molar-refractivity contribution in [2.24, 2.45) is 0 Å². The topological polar surface area (TPSA) is 102 Å². The van der Waals surface area contributed by atoms with Gasteiger partial charge in [0.05, 0.1) is 10.5 Å². The van der Waals surface area contributed by atoms with E-state index in [2.05, 4.69) is 10.0 Å². The molecule has 150 valence electrons. The molecule has 0 unspecified atom stereocenters. The van der Waals surface area contributed by atoms with Gasteiger partial charge < -0.3 is 10.1 Å². The van der Waals surface area contributed by atoms with E-state index in [-0.39, 0.29) is 10.5 Å². The number of hydrogen-bond donors (Lipinski definition) is 2. The van der Waals surface area contributed by atoms with E-state index in [1.807, 2.05) is 30.3 Å². The zero-order valence-electron chi connectivity index (χ0n) is 16.1. The third kappa shape index (κ3) is 6.79. The zero-order chi connectivity index (χ0) is 20.8. The third-order valence-corrected chi connectivity index (χ3v) is 5.24. The number of ether oxygens (including phenoxy) is 1. The van der Waals surface area contributed by atoms with Gasteiger partial charge in [0.15, 0.2) is 6.61 Å². The summed E-state index contributed by atoms with van der Waals surface area (Å²) in [6.45, 7) is 5.02. The number of rotatable bonds is 7. The van der Waals surface area contributed by atoms with Crippen LogP contribution in [-0.4, -0.2) is 32.4 Å². The molecule has 0 fully saturated rings. The number of sulfonamides is 1. The molecule has 0 atom stereocenters. The van der Waals surface area contributed by atoms with Crippen LogP contribution < -0.4 is 10.0 Å². The molecular weight excluding hydrogens is 380 g/mol. The molecule has 2 aromatic rings. The lowest BCUT2D eigenvalue weighted by Crippen LogP contribution is -2.40. The summed E-state index contributed by atoms with van der Waals surface area (Å²) in [5, 5.41) is 2.65. The number of benzene rings is 2. The molecule has 2 aromatic carbocycles. The van der Waals surface area contributed by atoms with Crippen LogP contribution in [0.2, 0.25) is 0 Å². The standard InChI is InChI=1S/C20H24N2O5S/c1-20(2,3)22-28(25,26)17-11-7-10-16(12-17)19(24)27-14-18(23)21-13-15-8-5-4-6-9-15/h4-12,22H,13-14H2,1-3H3,(H,21,23). The van der Waals surface area contributed by atoms with Crippen LogP contribution in [0.3, 0.4) is 0 Å². The van der Waals surface area contributed by atoms with Crippen molar-refractivity contribution in [3.63, 3.8) is 0 Å². The van der Waals surface area contributed by atoms with Gasteiger partial charge in [-0.1, -0.05) is 36.4 Å². The second-order valence-corrected chi connectivity index (χ2v) is 8.90. The van der Waals surface area contributed by atoms with E-state index in [0.717, 1.165) is 5.56 Å². The molecule has 0 radical (unpaired) electrons. The Morgan fingerprint density at radius 2 is 1.68 bits per heavy atom. The van der Waals surface area contributed by atoms with E-state index in [4.69, 9.17) is 4.74 Å². The summed E-state index contributed by atoms with van der Waals surface area (Å²) in [7, 11) is -3.78. The highest BCUT2D eigenvalue weighted by Crippen LogP contribution is 2.15. The first-order valence-corrected chi connectivity index (χ1v) is 10.2. The molecule has 2 N–H and O–H groups in total. The van der Waals surface area contributed by atoms with Crippen LogP contribution in [0.5, 0.6) is 0 Å². The van der Waals surface area contributed by atoms with Gasteiger partial charge in [-0.15, -0.1) is 0 Å². The number of amides is 1. The van der Waals surface area contributed by atoms with Crippen LogP contribution >= 0.6 is 0 Å². The van der Waals surface area contributed by atoms with E-state index >= 15 is 0 Å². The van der Waals surface area contributed by atoms with Crippen LogP contribution in [0.25, 0.3) is 0 Å². The summed E-state index contributed by atoms with van der Waals surface area (Å²) in [5.74, 6) is -1.22. The van der Waals surface area contributed by atoms with Crippen LogP contribution in [0, 0.1) is 0 Å². The molecule has 0 aliphatic heterocycles. The van der Waals surface area contributed by atoms with Crippen molar-refractivity contribution in [3.8, 4) is 0 Å². The predicted octanol–water partition coefficient (Wildman–Crippen LogP) is 2.24. The lowest BCUT2D eigenvalue weighted by atomic mass is 10.1. The molecule has 0 saturated carbocycles. The number of nitrogens with one attached hydrogen (secondary N) is 2. The fourth-order valence-electron chi connectivity index (χ4n) is 2.31. The molecular formula is C20H24N2O5S. The normalized spacial score (nSPS) is 11.7. The minimum absolute atomic E-state index is 0.0487. The highest BCUT2D eigenvalue weighted by atomic mass is 32.2. The summed E-state index contributed by atoms with van der Waals surface area (Å²) in [5.41, 5.74) is 0.311. The molecule has 0 aromatic heterocycles. The Morgan fingerprint density at radius 3 is 2.32 bits per heavy atom. The first-order chi connectivity index (χ1) is 13.1. The molecule has 0 saturated heterocycles. The first-order valence-electron chi connectivity index (χ1n) is 8.69. The smallest absolute Gasteiger partial charge is 0.338 e. The van der Waals surface area contributed by atoms with Crippen molar-refractivity contribution in [1.29, 1.82) is 0 Å². The molecule has 0 aliphatic rings. The maximum absolute atomic E-state index is 12.4. The highest BCUT2D eigenvalue weighted by molar-refractivity contribution is 7.89. The van der Waals surface area contributed by atoms with Crippen molar-refractivity contribution in [1.82, 2.24) is 10.0 Å². The summed E-state index contributed by atoms with van der Waals surface area (Å²) < 4.78 is 32.3. The van der Waals surface area contributed by atoms with Gasteiger partial charge >= 0.3 is 5.97 Å². The average Bonchev–Trinajstić information content (AvgIpc) is 2.63. The van der Waals surface area contributed by atoms with Gasteiger partial charge in [-0.3, -0.25) is 4.79 Å². The Bertz CT molecular complexity index is 935. The number of carbonyl (C=O) groups excluding carboxylic acids is 2. The fraction of sp³-hybridized carbons (Fsp3) is 0.300. The quantitative estimate of drug-likeness (QED) is 0.689. The van der Waals surface area contributed by atoms with E-state index in [9.17, 15) is 18.0 Å². The van der Waals surface area contributed by atoms with Gasteiger partial charge in [0.25, 0.3) is 5.91 Å². The molecule has 2 rings (SSSR count). The molecule has 28 heavy (non-hydrogen) atoms. The zero-order valence-corrected chi connectivity index (χ0v) is 16.9. The van der Waals surface area contributed by atoms with Crippen LogP contribution in [0.1, 0.15) is 36.7 Å². The lowest BCUT2D eigenvalue weighted by Gasteiger charge is -2.20. The van der Waals surface area contributed by atoms with E-state index < -0.39 is 34.0 Å². The van der Waals surface area contributed by atoms with Gasteiger partial charge in [0.1, 0.15) is 0 Å². The molecule has 8 heteroatoms. The summed E-state index contributed by atoms with van der Waals surface area (Å²) in [6, 6.07) is 14.8. The van der Waals surface area contributed by atoms with E-state index in [1.54, 1.807) is 20.8 Å². The predicted molar refractivity (Wildman–Crippen MR) is 105 cm³/mol. The Labute approximate surface area is 165 Å². The SMILES string of the molecule is CC(C)(C)NS(=O)(=O)c1cccc(C(=O)OCC(=O)NCc2ccccc2)c1. The van der Waals surface area contributed by atoms with Crippen molar-refractivity contribution < 1.29 is 22.7 Å². The first kappa shape index (κ1) is 21.6. The Kier molecular flexibility index (Phi) is 6.93. The Morgan fingerprint density at radius 1 is 1.00 bits per heavy atom. The molecule has 7 nitrogen and oxygen atoms in total. The van der Waals surface area contributed by atoms with Crippen LogP contribution in [0.15, 0.2) is 59.5 Å². The number of esters is 1. The average molecular weight is 404 g/mol. The molecule has 1 amide bonds. The second kappa shape index (κ2) is 8.99. The largest absolute Gasteiger partial charge is 0.452 e. The Balaban J connectivity index is 1.94. The number of carbonyl (C=O) groups is 2. The van der Waals surface area contributed by atoms with Gasteiger partial charge in [0.2, 0.25) is 10.0 Å². The van der Waals surface area contributed by atoms with Gasteiger partial charge in [-0.2, -0.15) is 0 Å². The van der Waals surface area contributed by atoms with Crippen molar-refractivity contribution in [2.45, 2.75) is 37.8 Å². The van der Waals surface area contributed by atoms with Crippen molar-refractivity contribution in [2.75, 3.05) is 6.61 Å². The lowest BCUT2D eigenvalue weighted by molar-refractivity contribution is -0.124. The molecule has 0 aliphatic carbocycles.